The van der Waals surface area contributed by atoms with Crippen LogP contribution >= 0.6 is 0 Å². The maximum Gasteiger partial charge on any atom is 0.410 e. The predicted octanol–water partition coefficient (Wildman–Crippen LogP) is 1.87. The second kappa shape index (κ2) is 8.73. The number of pyridine rings is 1. The van der Waals surface area contributed by atoms with Crippen molar-refractivity contribution >= 4 is 17.6 Å². The largest absolute Gasteiger partial charge is 0.444 e. The van der Waals surface area contributed by atoms with Gasteiger partial charge in [0, 0.05) is 51.9 Å². The normalized spacial score (nSPS) is 20.1. The first kappa shape index (κ1) is 22.2. The highest BCUT2D eigenvalue weighted by atomic mass is 16.6. The lowest BCUT2D eigenvalue weighted by Gasteiger charge is -2.43. The molecule has 2 fully saturated rings. The Morgan fingerprint density at radius 1 is 1.20 bits per heavy atom. The number of piperazine rings is 1. The summed E-state index contributed by atoms with van der Waals surface area (Å²) in [7, 11) is 0. The number of ether oxygens (including phenoxy) is 1. The van der Waals surface area contributed by atoms with Crippen molar-refractivity contribution in [2.24, 2.45) is 0 Å². The van der Waals surface area contributed by atoms with E-state index in [2.05, 4.69) is 14.8 Å². The molecule has 0 aromatic carbocycles. The Morgan fingerprint density at radius 2 is 1.83 bits per heavy atom. The topological polar surface area (TPSA) is 112 Å². The molecule has 1 N–H and O–H groups in total. The van der Waals surface area contributed by atoms with E-state index in [1.807, 2.05) is 20.8 Å². The molecule has 3 heterocycles. The van der Waals surface area contributed by atoms with Crippen LogP contribution in [0.25, 0.3) is 0 Å². The number of β-amino-alcohol motifs (C(OH)–C–C–N with tert-alkyl or cyclic N) is 1. The number of carbonyl (C=O) groups excluding carboxylic acids is 1. The first-order valence-electron chi connectivity index (χ1n) is 10.3. The summed E-state index contributed by atoms with van der Waals surface area (Å²) in [6, 6.07) is 3.10. The SMILES string of the molecule is CC(C)(C)OC(=O)N1CCN(CC2(O)CCN(c3ccc([N+](=O)[O-])nc3)CC2)CC1. The van der Waals surface area contributed by atoms with Crippen molar-refractivity contribution in [3.63, 3.8) is 0 Å². The molecule has 166 valence electrons. The predicted molar refractivity (Wildman–Crippen MR) is 112 cm³/mol. The molecule has 0 aliphatic carbocycles. The molecule has 2 aliphatic rings. The number of hydrogen-bond acceptors (Lipinski definition) is 8. The highest BCUT2D eigenvalue weighted by molar-refractivity contribution is 5.68. The number of hydrogen-bond donors (Lipinski definition) is 1. The number of aliphatic hydroxyl groups is 1. The molecule has 1 aromatic heterocycles. The van der Waals surface area contributed by atoms with Crippen molar-refractivity contribution in [3.05, 3.63) is 28.4 Å². The summed E-state index contributed by atoms with van der Waals surface area (Å²) in [5.74, 6) is -0.169. The summed E-state index contributed by atoms with van der Waals surface area (Å²) in [5.41, 5.74) is -0.455. The third-order valence-corrected chi connectivity index (χ3v) is 5.52. The van der Waals surface area contributed by atoms with Gasteiger partial charge in [0.1, 0.15) is 5.60 Å². The molecule has 0 bridgehead atoms. The number of rotatable bonds is 4. The van der Waals surface area contributed by atoms with Crippen molar-refractivity contribution in [3.8, 4) is 0 Å². The van der Waals surface area contributed by atoms with Crippen LogP contribution in [0.4, 0.5) is 16.3 Å². The average molecular weight is 421 g/mol. The van der Waals surface area contributed by atoms with Gasteiger partial charge in [0.15, 0.2) is 6.20 Å². The zero-order valence-corrected chi connectivity index (χ0v) is 17.9. The first-order valence-corrected chi connectivity index (χ1v) is 10.3. The fourth-order valence-corrected chi connectivity index (χ4v) is 3.84. The van der Waals surface area contributed by atoms with Gasteiger partial charge < -0.3 is 29.8 Å². The molecule has 0 spiro atoms. The minimum atomic E-state index is -0.779. The van der Waals surface area contributed by atoms with Crippen molar-refractivity contribution in [1.82, 2.24) is 14.8 Å². The molecule has 10 heteroatoms. The van der Waals surface area contributed by atoms with Gasteiger partial charge in [-0.05, 0) is 49.6 Å². The number of nitrogens with zero attached hydrogens (tertiary/aromatic N) is 5. The summed E-state index contributed by atoms with van der Waals surface area (Å²) in [4.78, 5) is 32.3. The lowest BCUT2D eigenvalue weighted by molar-refractivity contribution is -0.389. The van der Waals surface area contributed by atoms with E-state index in [1.165, 1.54) is 12.3 Å². The smallest absolute Gasteiger partial charge is 0.410 e. The lowest BCUT2D eigenvalue weighted by atomic mass is 9.90. The van der Waals surface area contributed by atoms with Crippen LogP contribution in [-0.2, 0) is 4.74 Å². The van der Waals surface area contributed by atoms with Crippen LogP contribution < -0.4 is 4.90 Å². The molecule has 1 amide bonds. The van der Waals surface area contributed by atoms with Gasteiger partial charge in [0.2, 0.25) is 0 Å². The fraction of sp³-hybridized carbons (Fsp3) is 0.700. The van der Waals surface area contributed by atoms with Gasteiger partial charge in [-0.3, -0.25) is 4.90 Å². The van der Waals surface area contributed by atoms with Crippen LogP contribution in [0.3, 0.4) is 0 Å². The molecule has 2 saturated heterocycles. The number of carbonyl (C=O) groups is 1. The van der Waals surface area contributed by atoms with Crippen molar-refractivity contribution in [2.45, 2.75) is 44.8 Å². The third kappa shape index (κ3) is 5.79. The first-order chi connectivity index (χ1) is 14.0. The van der Waals surface area contributed by atoms with Gasteiger partial charge in [-0.1, -0.05) is 0 Å². The molecular formula is C20H31N5O5. The summed E-state index contributed by atoms with van der Waals surface area (Å²) in [5, 5.41) is 21.8. The number of aromatic nitrogens is 1. The maximum absolute atomic E-state index is 12.2. The molecule has 10 nitrogen and oxygen atoms in total. The van der Waals surface area contributed by atoms with Crippen LogP contribution in [-0.4, -0.2) is 87.9 Å². The number of amides is 1. The van der Waals surface area contributed by atoms with Crippen LogP contribution in [0.1, 0.15) is 33.6 Å². The average Bonchev–Trinajstić information content (AvgIpc) is 2.68. The number of nitro groups is 1. The van der Waals surface area contributed by atoms with Crippen LogP contribution in [0.2, 0.25) is 0 Å². The van der Waals surface area contributed by atoms with E-state index < -0.39 is 16.1 Å². The summed E-state index contributed by atoms with van der Waals surface area (Å²) in [6.45, 7) is 10.1. The fourth-order valence-electron chi connectivity index (χ4n) is 3.84. The second-order valence-electron chi connectivity index (χ2n) is 9.09. The van der Waals surface area contributed by atoms with Crippen LogP contribution in [0.15, 0.2) is 18.3 Å². The molecule has 0 saturated carbocycles. The lowest BCUT2D eigenvalue weighted by Crippen LogP contribution is -2.56. The monoisotopic (exact) mass is 421 g/mol. The zero-order valence-electron chi connectivity index (χ0n) is 17.9. The second-order valence-corrected chi connectivity index (χ2v) is 9.09. The molecule has 3 rings (SSSR count). The van der Waals surface area contributed by atoms with Gasteiger partial charge in [-0.15, -0.1) is 0 Å². The van der Waals surface area contributed by atoms with E-state index in [9.17, 15) is 20.0 Å². The van der Waals surface area contributed by atoms with Gasteiger partial charge in [-0.25, -0.2) is 4.79 Å². The van der Waals surface area contributed by atoms with Gasteiger partial charge in [0.25, 0.3) is 0 Å². The van der Waals surface area contributed by atoms with E-state index in [-0.39, 0.29) is 11.9 Å². The highest BCUT2D eigenvalue weighted by Crippen LogP contribution is 2.28. The summed E-state index contributed by atoms with van der Waals surface area (Å²) in [6.07, 6.45) is 2.44. The van der Waals surface area contributed by atoms with E-state index in [1.54, 1.807) is 11.0 Å². The number of anilines is 1. The van der Waals surface area contributed by atoms with E-state index in [4.69, 9.17) is 4.74 Å². The molecule has 2 aliphatic heterocycles. The molecule has 0 unspecified atom stereocenters. The van der Waals surface area contributed by atoms with Crippen molar-refractivity contribution in [2.75, 3.05) is 50.7 Å². The molecular weight excluding hydrogens is 390 g/mol. The minimum absolute atomic E-state index is 0.169. The van der Waals surface area contributed by atoms with Crippen LogP contribution in [0.5, 0.6) is 0 Å². The Labute approximate surface area is 176 Å². The van der Waals surface area contributed by atoms with Crippen LogP contribution in [0, 0.1) is 10.1 Å². The zero-order chi connectivity index (χ0) is 21.9. The summed E-state index contributed by atoms with van der Waals surface area (Å²) < 4.78 is 5.43. The van der Waals surface area contributed by atoms with Gasteiger partial charge in [0.05, 0.1) is 11.3 Å². The highest BCUT2D eigenvalue weighted by Gasteiger charge is 2.36. The Bertz CT molecular complexity index is 748. The Balaban J connectivity index is 1.46. The maximum atomic E-state index is 12.2. The van der Waals surface area contributed by atoms with E-state index in [0.717, 1.165) is 5.69 Å². The molecule has 1 aromatic rings. The quantitative estimate of drug-likeness (QED) is 0.579. The Morgan fingerprint density at radius 3 is 2.33 bits per heavy atom. The van der Waals surface area contributed by atoms with Crippen molar-refractivity contribution in [1.29, 1.82) is 0 Å². The van der Waals surface area contributed by atoms with E-state index >= 15 is 0 Å². The minimum Gasteiger partial charge on any atom is -0.444 e. The third-order valence-electron chi connectivity index (χ3n) is 5.52. The molecule has 0 radical (unpaired) electrons. The number of piperidine rings is 1. The Hall–Kier alpha value is -2.46. The van der Waals surface area contributed by atoms with Crippen molar-refractivity contribution < 1.29 is 19.6 Å². The standard InChI is InChI=1S/C20H31N5O5/c1-19(2,3)30-18(26)24-12-10-22(11-13-24)15-20(27)6-8-23(9-7-20)16-4-5-17(21-14-16)25(28)29/h4-5,14,27H,6-13,15H2,1-3H3. The van der Waals surface area contributed by atoms with Gasteiger partial charge >= 0.3 is 11.9 Å². The molecule has 30 heavy (non-hydrogen) atoms. The Kier molecular flexibility index (Phi) is 6.47. The molecule has 0 atom stereocenters. The summed E-state index contributed by atoms with van der Waals surface area (Å²) >= 11 is 0. The van der Waals surface area contributed by atoms with E-state index in [0.29, 0.717) is 58.7 Å². The van der Waals surface area contributed by atoms with Gasteiger partial charge in [-0.2, -0.15) is 0 Å².